The molecule has 0 amide bonds. The van der Waals surface area contributed by atoms with E-state index in [1.54, 1.807) is 36.4 Å². The van der Waals surface area contributed by atoms with E-state index in [2.05, 4.69) is 14.5 Å². The van der Waals surface area contributed by atoms with Gasteiger partial charge in [0.1, 0.15) is 5.82 Å². The van der Waals surface area contributed by atoms with E-state index in [1.165, 1.54) is 19.2 Å². The van der Waals surface area contributed by atoms with Gasteiger partial charge in [0.05, 0.1) is 29.8 Å². The number of hydrogen-bond donors (Lipinski definition) is 1. The SMILES string of the molecule is COC(=O)c1ccc(CN=C([O-])c2ccccc2NS(=O)(=O)c2ccc(F)cc2)cc1. The van der Waals surface area contributed by atoms with Crippen LogP contribution < -0.4 is 9.83 Å². The third-order valence-electron chi connectivity index (χ3n) is 4.31. The number of carbonyl (C=O) groups is 1. The molecule has 9 heteroatoms. The molecule has 0 unspecified atom stereocenters. The molecule has 0 radical (unpaired) electrons. The Kier molecular flexibility index (Phi) is 6.66. The molecule has 0 spiro atoms. The lowest BCUT2D eigenvalue weighted by Gasteiger charge is -2.17. The van der Waals surface area contributed by atoms with Crippen LogP contribution in [0.3, 0.4) is 0 Å². The molecule has 0 aromatic heterocycles. The van der Waals surface area contributed by atoms with Crippen LogP contribution in [-0.2, 0) is 21.3 Å². The van der Waals surface area contributed by atoms with Crippen LogP contribution in [0.4, 0.5) is 10.1 Å². The van der Waals surface area contributed by atoms with Gasteiger partial charge in [0.15, 0.2) is 0 Å². The number of aliphatic imine (C=N–C) groups is 1. The lowest BCUT2D eigenvalue weighted by atomic mass is 10.1. The first-order valence-electron chi connectivity index (χ1n) is 9.06. The molecule has 0 saturated heterocycles. The summed E-state index contributed by atoms with van der Waals surface area (Å²) in [4.78, 5) is 15.3. The van der Waals surface area contributed by atoms with Crippen molar-refractivity contribution in [3.8, 4) is 0 Å². The summed E-state index contributed by atoms with van der Waals surface area (Å²) in [6.45, 7) is 0.0410. The zero-order valence-electron chi connectivity index (χ0n) is 16.4. The van der Waals surface area contributed by atoms with Gasteiger partial charge in [0.25, 0.3) is 10.0 Å². The largest absolute Gasteiger partial charge is 0.858 e. The molecule has 0 bridgehead atoms. The molecule has 0 heterocycles. The standard InChI is InChI=1S/C22H19FN2O5S/c1-30-22(27)16-8-6-15(7-9-16)14-24-21(26)19-4-2-3-5-20(19)25-31(28,29)18-12-10-17(23)11-13-18/h2-13,25H,14H2,1H3,(H,24,26)/p-1. The summed E-state index contributed by atoms with van der Waals surface area (Å²) in [6, 6.07) is 16.8. The van der Waals surface area contributed by atoms with Gasteiger partial charge >= 0.3 is 5.97 Å². The number of ether oxygens (including phenoxy) is 1. The second-order valence-electron chi connectivity index (χ2n) is 6.41. The number of hydrogen-bond acceptors (Lipinski definition) is 6. The number of carbonyl (C=O) groups excluding carboxylic acids is 1. The third-order valence-corrected chi connectivity index (χ3v) is 5.69. The van der Waals surface area contributed by atoms with E-state index in [4.69, 9.17) is 0 Å². The topological polar surface area (TPSA) is 108 Å². The predicted molar refractivity (Wildman–Crippen MR) is 112 cm³/mol. The average molecular weight is 441 g/mol. The Bertz CT molecular complexity index is 1210. The summed E-state index contributed by atoms with van der Waals surface area (Å²) in [5.74, 6) is -1.65. The second kappa shape index (κ2) is 9.40. The predicted octanol–water partition coefficient (Wildman–Crippen LogP) is 2.72. The highest BCUT2D eigenvalue weighted by atomic mass is 32.2. The van der Waals surface area contributed by atoms with Crippen molar-refractivity contribution in [2.24, 2.45) is 4.99 Å². The van der Waals surface area contributed by atoms with Gasteiger partial charge in [0, 0.05) is 5.56 Å². The van der Waals surface area contributed by atoms with Gasteiger partial charge in [-0.15, -0.1) is 0 Å². The molecule has 0 saturated carbocycles. The number of halogens is 1. The molecule has 3 aromatic carbocycles. The van der Waals surface area contributed by atoms with Crippen molar-refractivity contribution >= 4 is 27.6 Å². The van der Waals surface area contributed by atoms with Gasteiger partial charge in [-0.25, -0.2) is 17.6 Å². The van der Waals surface area contributed by atoms with E-state index in [-0.39, 0.29) is 22.7 Å². The highest BCUT2D eigenvalue weighted by molar-refractivity contribution is 7.92. The van der Waals surface area contributed by atoms with Gasteiger partial charge in [0.2, 0.25) is 0 Å². The molecule has 0 aliphatic rings. The van der Waals surface area contributed by atoms with Crippen LogP contribution in [0, 0.1) is 5.82 Å². The van der Waals surface area contributed by atoms with E-state index >= 15 is 0 Å². The van der Waals surface area contributed by atoms with E-state index < -0.39 is 27.7 Å². The monoisotopic (exact) mass is 441 g/mol. The van der Waals surface area contributed by atoms with Crippen molar-refractivity contribution in [2.45, 2.75) is 11.4 Å². The number of nitrogens with zero attached hydrogens (tertiary/aromatic N) is 1. The van der Waals surface area contributed by atoms with Gasteiger partial charge in [-0.2, -0.15) is 0 Å². The molecule has 0 fully saturated rings. The van der Waals surface area contributed by atoms with E-state index in [0.29, 0.717) is 11.1 Å². The lowest BCUT2D eigenvalue weighted by molar-refractivity contribution is -0.213. The number of esters is 1. The Morgan fingerprint density at radius 3 is 2.32 bits per heavy atom. The second-order valence-corrected chi connectivity index (χ2v) is 8.10. The molecule has 0 aliphatic carbocycles. The number of rotatable bonds is 7. The molecule has 3 aromatic rings. The maximum Gasteiger partial charge on any atom is 0.337 e. The molecular formula is C22H18FN2O5S-. The zero-order chi connectivity index (χ0) is 22.4. The summed E-state index contributed by atoms with van der Waals surface area (Å²) in [7, 11) is -2.74. The van der Waals surface area contributed by atoms with Crippen molar-refractivity contribution in [2.75, 3.05) is 11.8 Å². The van der Waals surface area contributed by atoms with Crippen LogP contribution in [0.1, 0.15) is 21.5 Å². The molecule has 1 N–H and O–H groups in total. The van der Waals surface area contributed by atoms with Gasteiger partial charge in [-0.05, 0) is 53.9 Å². The Balaban J connectivity index is 1.80. The van der Waals surface area contributed by atoms with Crippen molar-refractivity contribution in [1.82, 2.24) is 0 Å². The maximum absolute atomic E-state index is 13.1. The first-order chi connectivity index (χ1) is 14.8. The van der Waals surface area contributed by atoms with E-state index in [1.807, 2.05) is 0 Å². The number of methoxy groups -OCH3 is 1. The quantitative estimate of drug-likeness (QED) is 0.345. The molecule has 7 nitrogen and oxygen atoms in total. The number of nitrogens with one attached hydrogen (secondary N) is 1. The number of benzene rings is 3. The van der Waals surface area contributed by atoms with Crippen LogP contribution >= 0.6 is 0 Å². The lowest BCUT2D eigenvalue weighted by Crippen LogP contribution is -2.22. The zero-order valence-corrected chi connectivity index (χ0v) is 17.2. The Labute approximate surface area is 178 Å². The fourth-order valence-corrected chi connectivity index (χ4v) is 3.77. The van der Waals surface area contributed by atoms with Gasteiger partial charge < -0.3 is 9.84 Å². The smallest absolute Gasteiger partial charge is 0.337 e. The number of para-hydroxylation sites is 1. The fourth-order valence-electron chi connectivity index (χ4n) is 2.69. The highest BCUT2D eigenvalue weighted by Crippen LogP contribution is 2.20. The number of sulfonamides is 1. The molecule has 3 rings (SSSR count). The van der Waals surface area contributed by atoms with Crippen LogP contribution in [-0.4, -0.2) is 27.4 Å². The van der Waals surface area contributed by atoms with Crippen LogP contribution in [0.2, 0.25) is 0 Å². The Morgan fingerprint density at radius 2 is 1.68 bits per heavy atom. The molecule has 31 heavy (non-hydrogen) atoms. The summed E-state index contributed by atoms with van der Waals surface area (Å²) < 4.78 is 45.2. The summed E-state index contributed by atoms with van der Waals surface area (Å²) in [5, 5.41) is 12.6. The molecular weight excluding hydrogens is 423 g/mol. The van der Waals surface area contributed by atoms with Gasteiger partial charge in [-0.1, -0.05) is 30.3 Å². The molecule has 160 valence electrons. The minimum Gasteiger partial charge on any atom is -0.858 e. The van der Waals surface area contributed by atoms with Crippen LogP contribution in [0.25, 0.3) is 0 Å². The first kappa shape index (κ1) is 22.0. The minimum atomic E-state index is -4.02. The van der Waals surface area contributed by atoms with Crippen molar-refractivity contribution in [1.29, 1.82) is 0 Å². The Morgan fingerprint density at radius 1 is 1.03 bits per heavy atom. The molecule has 0 atom stereocenters. The minimum absolute atomic E-state index is 0.0410. The van der Waals surface area contributed by atoms with E-state index in [9.17, 15) is 22.7 Å². The average Bonchev–Trinajstić information content (AvgIpc) is 2.77. The van der Waals surface area contributed by atoms with Crippen molar-refractivity contribution < 1.29 is 27.4 Å². The Hall–Kier alpha value is -3.72. The maximum atomic E-state index is 13.1. The normalized spacial score (nSPS) is 11.7. The highest BCUT2D eigenvalue weighted by Gasteiger charge is 2.16. The van der Waals surface area contributed by atoms with E-state index in [0.717, 1.165) is 24.3 Å². The summed E-state index contributed by atoms with van der Waals surface area (Å²) in [6.07, 6.45) is 0. The van der Waals surface area contributed by atoms with Crippen molar-refractivity contribution in [3.05, 3.63) is 95.3 Å². The summed E-state index contributed by atoms with van der Waals surface area (Å²) >= 11 is 0. The number of anilines is 1. The van der Waals surface area contributed by atoms with Crippen LogP contribution in [0.5, 0.6) is 0 Å². The third kappa shape index (κ3) is 5.46. The first-order valence-corrected chi connectivity index (χ1v) is 10.5. The van der Waals surface area contributed by atoms with Gasteiger partial charge in [-0.3, -0.25) is 9.71 Å². The van der Waals surface area contributed by atoms with Crippen molar-refractivity contribution in [3.63, 3.8) is 0 Å². The molecule has 0 aliphatic heterocycles. The summed E-state index contributed by atoms with van der Waals surface area (Å²) in [5.41, 5.74) is 1.18. The fraction of sp³-hybridized carbons (Fsp3) is 0.0909. The van der Waals surface area contributed by atoms with Crippen LogP contribution in [0.15, 0.2) is 82.7 Å².